The number of nitrogens with one attached hydrogen (secondary N) is 1. The van der Waals surface area contributed by atoms with Crippen LogP contribution in [0.3, 0.4) is 0 Å². The van der Waals surface area contributed by atoms with E-state index in [0.29, 0.717) is 6.54 Å². The average Bonchev–Trinajstić information content (AvgIpc) is 3.21. The second-order valence-corrected chi connectivity index (χ2v) is 9.30. The maximum absolute atomic E-state index is 13.4. The molecule has 31 heavy (non-hydrogen) atoms. The zero-order valence-corrected chi connectivity index (χ0v) is 19.6. The number of carbonyl (C=O) groups excluding carboxylic acids is 1. The highest BCUT2D eigenvalue weighted by Crippen LogP contribution is 2.27. The maximum Gasteiger partial charge on any atom is 0.322 e. The van der Waals surface area contributed by atoms with E-state index in [2.05, 4.69) is 75.3 Å². The molecule has 4 nitrogen and oxygen atoms in total. The van der Waals surface area contributed by atoms with E-state index in [1.54, 1.807) is 0 Å². The smallest absolute Gasteiger partial charge is 0.322 e. The Morgan fingerprint density at radius 2 is 1.87 bits per heavy atom. The number of halogens is 1. The molecule has 1 aliphatic rings. The Labute approximate surface area is 193 Å². The summed E-state index contributed by atoms with van der Waals surface area (Å²) < 4.78 is 3.16. The van der Waals surface area contributed by atoms with Crippen molar-refractivity contribution in [3.63, 3.8) is 0 Å². The van der Waals surface area contributed by atoms with E-state index < -0.39 is 0 Å². The van der Waals surface area contributed by atoms with Crippen LogP contribution in [0.5, 0.6) is 0 Å². The number of anilines is 1. The third kappa shape index (κ3) is 5.59. The zero-order chi connectivity index (χ0) is 21.6. The molecule has 0 unspecified atom stereocenters. The number of aromatic nitrogens is 1. The van der Waals surface area contributed by atoms with Gasteiger partial charge in [0.25, 0.3) is 0 Å². The summed E-state index contributed by atoms with van der Waals surface area (Å²) in [6.45, 7) is 3.55. The SMILES string of the molecule is Cc1cccc(Cn2cccc2CN(C(=O)Nc2ccccc2Br)C2CCCCC2)c1. The molecule has 1 aromatic heterocycles. The predicted octanol–water partition coefficient (Wildman–Crippen LogP) is 6.97. The fraction of sp³-hybridized carbons (Fsp3) is 0.346. The van der Waals surface area contributed by atoms with E-state index in [0.717, 1.165) is 35.2 Å². The van der Waals surface area contributed by atoms with Gasteiger partial charge in [-0.05, 0) is 65.5 Å². The van der Waals surface area contributed by atoms with Gasteiger partial charge < -0.3 is 14.8 Å². The van der Waals surface area contributed by atoms with Gasteiger partial charge in [0, 0.05) is 29.0 Å². The number of para-hydroxylation sites is 1. The molecule has 162 valence electrons. The van der Waals surface area contributed by atoms with Gasteiger partial charge in [-0.15, -0.1) is 0 Å². The van der Waals surface area contributed by atoms with Gasteiger partial charge in [0.1, 0.15) is 0 Å². The van der Waals surface area contributed by atoms with E-state index in [1.807, 2.05) is 29.2 Å². The highest BCUT2D eigenvalue weighted by Gasteiger charge is 2.27. The summed E-state index contributed by atoms with van der Waals surface area (Å²) in [7, 11) is 0. The minimum atomic E-state index is -0.0258. The van der Waals surface area contributed by atoms with E-state index in [4.69, 9.17) is 0 Å². The van der Waals surface area contributed by atoms with E-state index >= 15 is 0 Å². The van der Waals surface area contributed by atoms with Crippen molar-refractivity contribution >= 4 is 27.6 Å². The van der Waals surface area contributed by atoms with Crippen molar-refractivity contribution in [3.8, 4) is 0 Å². The molecule has 1 aliphatic carbocycles. The third-order valence-electron chi connectivity index (χ3n) is 6.08. The van der Waals surface area contributed by atoms with Gasteiger partial charge in [-0.3, -0.25) is 0 Å². The van der Waals surface area contributed by atoms with Crippen LogP contribution in [0, 0.1) is 6.92 Å². The van der Waals surface area contributed by atoms with Gasteiger partial charge in [0.15, 0.2) is 0 Å². The predicted molar refractivity (Wildman–Crippen MR) is 130 cm³/mol. The van der Waals surface area contributed by atoms with Crippen LogP contribution in [0.2, 0.25) is 0 Å². The van der Waals surface area contributed by atoms with Gasteiger partial charge in [-0.25, -0.2) is 4.79 Å². The summed E-state index contributed by atoms with van der Waals surface area (Å²) in [5.41, 5.74) is 4.51. The molecule has 1 heterocycles. The van der Waals surface area contributed by atoms with Crippen LogP contribution in [-0.2, 0) is 13.1 Å². The summed E-state index contributed by atoms with van der Waals surface area (Å²) in [6, 6.07) is 20.9. The second-order valence-electron chi connectivity index (χ2n) is 8.45. The van der Waals surface area contributed by atoms with Crippen LogP contribution in [0.4, 0.5) is 10.5 Å². The van der Waals surface area contributed by atoms with Gasteiger partial charge in [-0.1, -0.05) is 61.2 Å². The van der Waals surface area contributed by atoms with Crippen LogP contribution in [0.15, 0.2) is 71.3 Å². The van der Waals surface area contributed by atoms with Gasteiger partial charge in [-0.2, -0.15) is 0 Å². The minimum absolute atomic E-state index is 0.0258. The molecule has 3 aromatic rings. The van der Waals surface area contributed by atoms with Gasteiger partial charge >= 0.3 is 6.03 Å². The number of rotatable bonds is 6. The lowest BCUT2D eigenvalue weighted by molar-refractivity contribution is 0.161. The van der Waals surface area contributed by atoms with Crippen LogP contribution in [0.25, 0.3) is 0 Å². The zero-order valence-electron chi connectivity index (χ0n) is 18.1. The lowest BCUT2D eigenvalue weighted by atomic mass is 9.94. The van der Waals surface area contributed by atoms with Gasteiger partial charge in [0.2, 0.25) is 0 Å². The molecule has 2 aromatic carbocycles. The quantitative estimate of drug-likeness (QED) is 0.406. The summed E-state index contributed by atoms with van der Waals surface area (Å²) in [6.07, 6.45) is 7.90. The maximum atomic E-state index is 13.4. The molecule has 1 saturated carbocycles. The molecule has 0 atom stereocenters. The lowest BCUT2D eigenvalue weighted by Crippen LogP contribution is -2.43. The van der Waals surface area contributed by atoms with E-state index in [9.17, 15) is 4.79 Å². The van der Waals surface area contributed by atoms with Crippen LogP contribution in [-0.4, -0.2) is 21.5 Å². The van der Waals surface area contributed by atoms with Crippen molar-refractivity contribution in [1.29, 1.82) is 0 Å². The number of aryl methyl sites for hydroxylation is 1. The van der Waals surface area contributed by atoms with Crippen molar-refractivity contribution < 1.29 is 4.79 Å². The Balaban J connectivity index is 1.55. The Bertz CT molecular complexity index is 1020. The first-order valence-electron chi connectivity index (χ1n) is 11.1. The van der Waals surface area contributed by atoms with Crippen LogP contribution >= 0.6 is 15.9 Å². The monoisotopic (exact) mass is 479 g/mol. The van der Waals surface area contributed by atoms with E-state index in [1.165, 1.54) is 30.4 Å². The first-order chi connectivity index (χ1) is 15.1. The fourth-order valence-electron chi connectivity index (χ4n) is 4.44. The Morgan fingerprint density at radius 3 is 2.65 bits per heavy atom. The normalized spacial score (nSPS) is 14.4. The van der Waals surface area contributed by atoms with Crippen molar-refractivity contribution in [3.05, 3.63) is 88.2 Å². The van der Waals surface area contributed by atoms with Crippen molar-refractivity contribution in [1.82, 2.24) is 9.47 Å². The van der Waals surface area contributed by atoms with Crippen molar-refractivity contribution in [2.24, 2.45) is 0 Å². The average molecular weight is 480 g/mol. The summed E-state index contributed by atoms with van der Waals surface area (Å²) >= 11 is 3.55. The topological polar surface area (TPSA) is 37.3 Å². The first kappa shape index (κ1) is 21.7. The molecule has 4 rings (SSSR count). The Hall–Kier alpha value is -2.53. The molecular weight excluding hydrogens is 450 g/mol. The Morgan fingerprint density at radius 1 is 1.06 bits per heavy atom. The molecule has 5 heteroatoms. The number of amides is 2. The number of carbonyl (C=O) groups is 1. The summed E-state index contributed by atoms with van der Waals surface area (Å²) in [4.78, 5) is 15.4. The summed E-state index contributed by atoms with van der Waals surface area (Å²) in [5, 5.41) is 3.13. The van der Waals surface area contributed by atoms with E-state index in [-0.39, 0.29) is 12.1 Å². The first-order valence-corrected chi connectivity index (χ1v) is 11.9. The second kappa shape index (κ2) is 10.2. The van der Waals surface area contributed by atoms with Crippen molar-refractivity contribution in [2.75, 3.05) is 5.32 Å². The number of benzene rings is 2. The molecular formula is C26H30BrN3O. The molecule has 1 fully saturated rings. The van der Waals surface area contributed by atoms with Crippen molar-refractivity contribution in [2.45, 2.75) is 58.2 Å². The summed E-state index contributed by atoms with van der Waals surface area (Å²) in [5.74, 6) is 0. The molecule has 0 bridgehead atoms. The largest absolute Gasteiger partial charge is 0.345 e. The molecule has 0 saturated heterocycles. The fourth-order valence-corrected chi connectivity index (χ4v) is 4.82. The molecule has 2 amide bonds. The molecule has 0 radical (unpaired) electrons. The highest BCUT2D eigenvalue weighted by atomic mass is 79.9. The lowest BCUT2D eigenvalue weighted by Gasteiger charge is -2.34. The Kier molecular flexibility index (Phi) is 7.13. The molecule has 0 aliphatic heterocycles. The number of urea groups is 1. The number of hydrogen-bond acceptors (Lipinski definition) is 1. The van der Waals surface area contributed by atoms with Gasteiger partial charge in [0.05, 0.1) is 12.2 Å². The third-order valence-corrected chi connectivity index (χ3v) is 6.77. The van der Waals surface area contributed by atoms with Crippen LogP contribution < -0.4 is 5.32 Å². The standard InChI is InChI=1S/C26H30BrN3O/c1-20-9-7-10-21(17-20)18-29-16-8-13-23(29)19-30(22-11-3-2-4-12-22)26(31)28-25-15-6-5-14-24(25)27/h5-10,13-17,22H,2-4,11-12,18-19H2,1H3,(H,28,31). The van der Waals surface area contributed by atoms with Crippen LogP contribution in [0.1, 0.15) is 48.9 Å². The number of hydrogen-bond donors (Lipinski definition) is 1. The molecule has 0 spiro atoms. The minimum Gasteiger partial charge on any atom is -0.345 e. The highest BCUT2D eigenvalue weighted by molar-refractivity contribution is 9.10. The molecule has 1 N–H and O–H groups in total. The number of nitrogens with zero attached hydrogens (tertiary/aromatic N) is 2.